The van der Waals surface area contributed by atoms with E-state index < -0.39 is 0 Å². The zero-order valence-electron chi connectivity index (χ0n) is 11.9. The molecule has 19 heavy (non-hydrogen) atoms. The van der Waals surface area contributed by atoms with Gasteiger partial charge in [0.1, 0.15) is 11.6 Å². The van der Waals surface area contributed by atoms with E-state index in [1.54, 1.807) is 7.11 Å². The summed E-state index contributed by atoms with van der Waals surface area (Å²) < 4.78 is 5.36. The minimum atomic E-state index is 0.0807. The minimum Gasteiger partial charge on any atom is -0.496 e. The molecule has 2 aromatic rings. The highest BCUT2D eigenvalue weighted by Gasteiger charge is 2.11. The molecular formula is C15H21N3O. The summed E-state index contributed by atoms with van der Waals surface area (Å²) in [5.74, 6) is 1.78. The van der Waals surface area contributed by atoms with E-state index in [-0.39, 0.29) is 5.54 Å². The fourth-order valence-corrected chi connectivity index (χ4v) is 1.81. The molecule has 1 heterocycles. The Bertz CT molecular complexity index is 540. The fourth-order valence-electron chi connectivity index (χ4n) is 1.81. The molecule has 4 nitrogen and oxygen atoms in total. The van der Waals surface area contributed by atoms with Gasteiger partial charge in [-0.1, -0.05) is 12.1 Å². The Kier molecular flexibility index (Phi) is 3.90. The molecule has 2 N–H and O–H groups in total. The number of imidazole rings is 1. The minimum absolute atomic E-state index is 0.0807. The van der Waals surface area contributed by atoms with Crippen molar-refractivity contribution in [3.63, 3.8) is 0 Å². The molecular weight excluding hydrogens is 238 g/mol. The zero-order valence-corrected chi connectivity index (χ0v) is 11.9. The fraction of sp³-hybridized carbons (Fsp3) is 0.400. The third-order valence-corrected chi connectivity index (χ3v) is 2.81. The Hall–Kier alpha value is -1.81. The summed E-state index contributed by atoms with van der Waals surface area (Å²) in [7, 11) is 1.68. The summed E-state index contributed by atoms with van der Waals surface area (Å²) in [6.07, 6.45) is 1.84. The van der Waals surface area contributed by atoms with E-state index in [4.69, 9.17) is 4.74 Å². The molecule has 0 aliphatic carbocycles. The number of nitrogens with zero attached hydrogens (tertiary/aromatic N) is 1. The van der Waals surface area contributed by atoms with Crippen molar-refractivity contribution in [3.05, 3.63) is 36.3 Å². The SMILES string of the molecule is COc1ccccc1-c1cnc(CNC(C)(C)C)[nH]1. The van der Waals surface area contributed by atoms with Crippen LogP contribution in [0.25, 0.3) is 11.3 Å². The van der Waals surface area contributed by atoms with Crippen molar-refractivity contribution in [1.29, 1.82) is 0 Å². The maximum absolute atomic E-state index is 5.36. The van der Waals surface area contributed by atoms with E-state index in [9.17, 15) is 0 Å². The molecule has 1 aromatic heterocycles. The quantitative estimate of drug-likeness (QED) is 0.887. The lowest BCUT2D eigenvalue weighted by molar-refractivity contribution is 0.416. The number of hydrogen-bond donors (Lipinski definition) is 2. The molecule has 0 fully saturated rings. The van der Waals surface area contributed by atoms with Crippen LogP contribution >= 0.6 is 0 Å². The van der Waals surface area contributed by atoms with Crippen LogP contribution in [-0.4, -0.2) is 22.6 Å². The van der Waals surface area contributed by atoms with Gasteiger partial charge in [-0.15, -0.1) is 0 Å². The van der Waals surface area contributed by atoms with Crippen LogP contribution in [0.5, 0.6) is 5.75 Å². The van der Waals surface area contributed by atoms with Gasteiger partial charge in [0.2, 0.25) is 0 Å². The number of para-hydroxylation sites is 1. The number of aromatic nitrogens is 2. The van der Waals surface area contributed by atoms with Gasteiger partial charge in [-0.2, -0.15) is 0 Å². The number of hydrogen-bond acceptors (Lipinski definition) is 3. The maximum atomic E-state index is 5.36. The lowest BCUT2D eigenvalue weighted by Gasteiger charge is -2.19. The highest BCUT2D eigenvalue weighted by Crippen LogP contribution is 2.27. The van der Waals surface area contributed by atoms with Gasteiger partial charge in [0.25, 0.3) is 0 Å². The summed E-state index contributed by atoms with van der Waals surface area (Å²) in [6.45, 7) is 7.13. The second-order valence-electron chi connectivity index (χ2n) is 5.55. The van der Waals surface area contributed by atoms with E-state index in [2.05, 4.69) is 36.1 Å². The van der Waals surface area contributed by atoms with Crippen molar-refractivity contribution in [3.8, 4) is 17.0 Å². The number of methoxy groups -OCH3 is 1. The molecule has 0 aliphatic rings. The largest absolute Gasteiger partial charge is 0.496 e. The van der Waals surface area contributed by atoms with Gasteiger partial charge in [-0.05, 0) is 32.9 Å². The first-order valence-corrected chi connectivity index (χ1v) is 6.42. The number of rotatable bonds is 4. The average Bonchev–Trinajstić information content (AvgIpc) is 2.84. The van der Waals surface area contributed by atoms with Crippen molar-refractivity contribution in [2.45, 2.75) is 32.9 Å². The van der Waals surface area contributed by atoms with Crippen molar-refractivity contribution >= 4 is 0 Å². The number of aromatic amines is 1. The normalized spacial score (nSPS) is 11.6. The number of nitrogens with one attached hydrogen (secondary N) is 2. The Morgan fingerprint density at radius 1 is 1.26 bits per heavy atom. The lowest BCUT2D eigenvalue weighted by atomic mass is 10.1. The first-order valence-electron chi connectivity index (χ1n) is 6.42. The van der Waals surface area contributed by atoms with Gasteiger partial charge >= 0.3 is 0 Å². The van der Waals surface area contributed by atoms with Crippen LogP contribution in [-0.2, 0) is 6.54 Å². The first kappa shape index (κ1) is 13.6. The summed E-state index contributed by atoms with van der Waals surface area (Å²) in [5, 5.41) is 3.41. The summed E-state index contributed by atoms with van der Waals surface area (Å²) >= 11 is 0. The molecule has 0 amide bonds. The van der Waals surface area contributed by atoms with E-state index in [1.165, 1.54) is 0 Å². The van der Waals surface area contributed by atoms with E-state index in [0.29, 0.717) is 0 Å². The first-order chi connectivity index (χ1) is 8.99. The molecule has 0 aliphatic heterocycles. The van der Waals surface area contributed by atoms with Crippen LogP contribution in [0.15, 0.2) is 30.5 Å². The molecule has 102 valence electrons. The third kappa shape index (κ3) is 3.58. The standard InChI is InChI=1S/C15H21N3O/c1-15(2,3)17-10-14-16-9-12(18-14)11-7-5-6-8-13(11)19-4/h5-9,17H,10H2,1-4H3,(H,16,18). The molecule has 0 saturated heterocycles. The molecule has 0 unspecified atom stereocenters. The Labute approximate surface area is 114 Å². The summed E-state index contributed by atoms with van der Waals surface area (Å²) in [5.41, 5.74) is 2.08. The Balaban J connectivity index is 2.17. The average molecular weight is 259 g/mol. The molecule has 0 bridgehead atoms. The van der Waals surface area contributed by atoms with Crippen LogP contribution in [0.4, 0.5) is 0 Å². The molecule has 0 atom stereocenters. The Morgan fingerprint density at radius 2 is 2.00 bits per heavy atom. The lowest BCUT2D eigenvalue weighted by Crippen LogP contribution is -2.35. The molecule has 1 aromatic carbocycles. The summed E-state index contributed by atoms with van der Waals surface area (Å²) in [4.78, 5) is 7.72. The number of H-pyrrole nitrogens is 1. The third-order valence-electron chi connectivity index (χ3n) is 2.81. The van der Waals surface area contributed by atoms with Gasteiger partial charge < -0.3 is 15.0 Å². The summed E-state index contributed by atoms with van der Waals surface area (Å²) in [6, 6.07) is 7.92. The Morgan fingerprint density at radius 3 is 2.68 bits per heavy atom. The van der Waals surface area contributed by atoms with Crippen molar-refractivity contribution in [1.82, 2.24) is 15.3 Å². The van der Waals surface area contributed by atoms with Crippen LogP contribution in [0.1, 0.15) is 26.6 Å². The van der Waals surface area contributed by atoms with Crippen molar-refractivity contribution < 1.29 is 4.74 Å². The molecule has 4 heteroatoms. The van der Waals surface area contributed by atoms with E-state index >= 15 is 0 Å². The van der Waals surface area contributed by atoms with Gasteiger partial charge in [0.05, 0.1) is 25.5 Å². The van der Waals surface area contributed by atoms with E-state index in [0.717, 1.165) is 29.4 Å². The molecule has 0 saturated carbocycles. The molecule has 0 radical (unpaired) electrons. The van der Waals surface area contributed by atoms with Crippen LogP contribution in [0.3, 0.4) is 0 Å². The molecule has 0 spiro atoms. The van der Waals surface area contributed by atoms with Gasteiger partial charge in [-0.3, -0.25) is 0 Å². The second kappa shape index (κ2) is 5.45. The number of benzene rings is 1. The van der Waals surface area contributed by atoms with Crippen molar-refractivity contribution in [2.24, 2.45) is 0 Å². The monoisotopic (exact) mass is 259 g/mol. The van der Waals surface area contributed by atoms with Gasteiger partial charge in [0, 0.05) is 11.1 Å². The van der Waals surface area contributed by atoms with Gasteiger partial charge in [0.15, 0.2) is 0 Å². The zero-order chi connectivity index (χ0) is 13.9. The van der Waals surface area contributed by atoms with Crippen LogP contribution < -0.4 is 10.1 Å². The predicted octanol–water partition coefficient (Wildman–Crippen LogP) is 2.97. The van der Waals surface area contributed by atoms with E-state index in [1.807, 2.05) is 30.5 Å². The van der Waals surface area contributed by atoms with Crippen molar-refractivity contribution in [2.75, 3.05) is 7.11 Å². The smallest absolute Gasteiger partial charge is 0.128 e. The van der Waals surface area contributed by atoms with Crippen LogP contribution in [0.2, 0.25) is 0 Å². The maximum Gasteiger partial charge on any atom is 0.128 e. The van der Waals surface area contributed by atoms with Gasteiger partial charge in [-0.25, -0.2) is 4.98 Å². The predicted molar refractivity (Wildman–Crippen MR) is 77.2 cm³/mol. The topological polar surface area (TPSA) is 49.9 Å². The highest BCUT2D eigenvalue weighted by molar-refractivity contribution is 5.66. The molecule has 2 rings (SSSR count). The van der Waals surface area contributed by atoms with Crippen LogP contribution in [0, 0.1) is 0 Å². The number of ether oxygens (including phenoxy) is 1. The highest BCUT2D eigenvalue weighted by atomic mass is 16.5. The second-order valence-corrected chi connectivity index (χ2v) is 5.55.